The third kappa shape index (κ3) is 3.32. The summed E-state index contributed by atoms with van der Waals surface area (Å²) < 4.78 is 2.80. The van der Waals surface area contributed by atoms with E-state index in [1.807, 2.05) is 4.68 Å². The molecule has 0 aliphatic carbocycles. The molecule has 1 unspecified atom stereocenters. The van der Waals surface area contributed by atoms with Crippen LogP contribution in [-0.2, 0) is 0 Å². The lowest BCUT2D eigenvalue weighted by atomic mass is 10.1. The highest BCUT2D eigenvalue weighted by Gasteiger charge is 2.18. The van der Waals surface area contributed by atoms with E-state index in [1.54, 1.807) is 6.20 Å². The zero-order valence-electron chi connectivity index (χ0n) is 10.3. The molecule has 0 aliphatic rings. The molecule has 16 heavy (non-hydrogen) atoms. The largest absolute Gasteiger partial charge is 0.387 e. The van der Waals surface area contributed by atoms with Gasteiger partial charge in [-0.15, -0.1) is 0 Å². The number of unbranched alkanes of at least 4 members (excludes halogenated alkanes) is 2. The predicted molar refractivity (Wildman–Crippen MR) is 69.4 cm³/mol. The molecular formula is C12H21BrN2O. The first-order chi connectivity index (χ1) is 7.57. The Kier molecular flexibility index (Phi) is 5.49. The topological polar surface area (TPSA) is 38.1 Å². The summed E-state index contributed by atoms with van der Waals surface area (Å²) in [7, 11) is 0. The van der Waals surface area contributed by atoms with Crippen LogP contribution >= 0.6 is 15.9 Å². The number of aliphatic hydroxyl groups is 1. The normalized spacial score (nSPS) is 13.4. The molecule has 1 aromatic rings. The monoisotopic (exact) mass is 288 g/mol. The zero-order chi connectivity index (χ0) is 12.1. The molecule has 0 saturated heterocycles. The highest BCUT2D eigenvalue weighted by molar-refractivity contribution is 9.10. The maximum absolute atomic E-state index is 10.2. The van der Waals surface area contributed by atoms with Gasteiger partial charge in [0.1, 0.15) is 0 Å². The first-order valence-corrected chi connectivity index (χ1v) is 6.78. The van der Waals surface area contributed by atoms with Gasteiger partial charge in [0.2, 0.25) is 0 Å². The summed E-state index contributed by atoms with van der Waals surface area (Å²) in [6, 6.07) is 0.280. The quantitative estimate of drug-likeness (QED) is 0.808. The highest BCUT2D eigenvalue weighted by atomic mass is 79.9. The molecule has 0 fully saturated rings. The summed E-state index contributed by atoms with van der Waals surface area (Å²) in [5.41, 5.74) is 0.908. The molecule has 92 valence electrons. The molecule has 1 atom stereocenters. The van der Waals surface area contributed by atoms with Crippen LogP contribution in [0.1, 0.15) is 64.3 Å². The van der Waals surface area contributed by atoms with Crippen molar-refractivity contribution < 1.29 is 5.11 Å². The van der Waals surface area contributed by atoms with Crippen LogP contribution in [0.25, 0.3) is 0 Å². The fourth-order valence-electron chi connectivity index (χ4n) is 1.80. The van der Waals surface area contributed by atoms with Crippen LogP contribution in [0, 0.1) is 0 Å². The third-order valence-corrected chi connectivity index (χ3v) is 3.28. The van der Waals surface area contributed by atoms with Crippen LogP contribution in [0.2, 0.25) is 0 Å². The van der Waals surface area contributed by atoms with Gasteiger partial charge in [-0.1, -0.05) is 26.2 Å². The van der Waals surface area contributed by atoms with Gasteiger partial charge in [0, 0.05) is 6.04 Å². The Labute approximate surface area is 106 Å². The minimum atomic E-state index is -0.411. The van der Waals surface area contributed by atoms with Crippen LogP contribution in [0.4, 0.5) is 0 Å². The van der Waals surface area contributed by atoms with Crippen molar-refractivity contribution in [2.75, 3.05) is 0 Å². The van der Waals surface area contributed by atoms with Gasteiger partial charge in [0.15, 0.2) is 0 Å². The number of halogens is 1. The minimum absolute atomic E-state index is 0.280. The van der Waals surface area contributed by atoms with E-state index in [4.69, 9.17) is 0 Å². The first-order valence-electron chi connectivity index (χ1n) is 5.98. The van der Waals surface area contributed by atoms with Crippen molar-refractivity contribution in [2.24, 2.45) is 0 Å². The van der Waals surface area contributed by atoms with E-state index < -0.39 is 6.10 Å². The summed E-state index contributed by atoms with van der Waals surface area (Å²) in [6.45, 7) is 6.31. The van der Waals surface area contributed by atoms with Gasteiger partial charge in [-0.2, -0.15) is 5.10 Å². The summed E-state index contributed by atoms with van der Waals surface area (Å²) in [4.78, 5) is 0. The molecule has 1 heterocycles. The van der Waals surface area contributed by atoms with Crippen molar-refractivity contribution in [3.05, 3.63) is 16.4 Å². The Bertz CT molecular complexity index is 323. The minimum Gasteiger partial charge on any atom is -0.387 e. The SMILES string of the molecule is CCCCCC(O)c1c(Br)cnn1C(C)C. The van der Waals surface area contributed by atoms with Gasteiger partial charge in [-0.05, 0) is 36.2 Å². The summed E-state index contributed by atoms with van der Waals surface area (Å²) in [5.74, 6) is 0. The van der Waals surface area contributed by atoms with Gasteiger partial charge >= 0.3 is 0 Å². The van der Waals surface area contributed by atoms with Crippen molar-refractivity contribution in [3.8, 4) is 0 Å². The summed E-state index contributed by atoms with van der Waals surface area (Å²) >= 11 is 3.45. The molecule has 0 bridgehead atoms. The van der Waals surface area contributed by atoms with Crippen LogP contribution in [-0.4, -0.2) is 14.9 Å². The second-order valence-electron chi connectivity index (χ2n) is 4.43. The van der Waals surface area contributed by atoms with Crippen molar-refractivity contribution in [3.63, 3.8) is 0 Å². The Morgan fingerprint density at radius 1 is 1.44 bits per heavy atom. The van der Waals surface area contributed by atoms with Gasteiger partial charge < -0.3 is 5.11 Å². The molecule has 3 nitrogen and oxygen atoms in total. The van der Waals surface area contributed by atoms with Crippen LogP contribution in [0.5, 0.6) is 0 Å². The van der Waals surface area contributed by atoms with Crippen molar-refractivity contribution in [2.45, 2.75) is 58.6 Å². The molecule has 1 rings (SSSR count). The maximum atomic E-state index is 10.2. The van der Waals surface area contributed by atoms with E-state index >= 15 is 0 Å². The lowest BCUT2D eigenvalue weighted by Gasteiger charge is -2.16. The summed E-state index contributed by atoms with van der Waals surface area (Å²) in [5, 5.41) is 14.4. The first kappa shape index (κ1) is 13.7. The van der Waals surface area contributed by atoms with E-state index in [1.165, 1.54) is 12.8 Å². The van der Waals surface area contributed by atoms with Crippen molar-refractivity contribution >= 4 is 15.9 Å². The number of rotatable bonds is 6. The molecule has 0 saturated carbocycles. The molecular weight excluding hydrogens is 268 g/mol. The Morgan fingerprint density at radius 3 is 2.69 bits per heavy atom. The molecule has 4 heteroatoms. The standard InChI is InChI=1S/C12H21BrN2O/c1-4-5-6-7-11(16)12-10(13)8-14-15(12)9(2)3/h8-9,11,16H,4-7H2,1-3H3. The number of hydrogen-bond donors (Lipinski definition) is 1. The van der Waals surface area contributed by atoms with Gasteiger partial charge in [0.25, 0.3) is 0 Å². The van der Waals surface area contributed by atoms with Crippen molar-refractivity contribution in [1.29, 1.82) is 0 Å². The molecule has 0 amide bonds. The number of aromatic nitrogens is 2. The van der Waals surface area contributed by atoms with Crippen LogP contribution < -0.4 is 0 Å². The molecule has 1 N–H and O–H groups in total. The lowest BCUT2D eigenvalue weighted by Crippen LogP contribution is -2.11. The van der Waals surface area contributed by atoms with E-state index in [-0.39, 0.29) is 6.04 Å². The lowest BCUT2D eigenvalue weighted by molar-refractivity contribution is 0.150. The van der Waals surface area contributed by atoms with Gasteiger partial charge in [-0.25, -0.2) is 0 Å². The molecule has 0 radical (unpaired) electrons. The Balaban J connectivity index is 2.73. The number of aliphatic hydroxyl groups excluding tert-OH is 1. The molecule has 0 spiro atoms. The second kappa shape index (κ2) is 6.40. The fraction of sp³-hybridized carbons (Fsp3) is 0.750. The number of hydrogen-bond acceptors (Lipinski definition) is 2. The predicted octanol–water partition coefficient (Wildman–Crippen LogP) is 3.84. The average Bonchev–Trinajstić information content (AvgIpc) is 2.60. The van der Waals surface area contributed by atoms with Gasteiger partial charge in [-0.3, -0.25) is 4.68 Å². The summed E-state index contributed by atoms with van der Waals surface area (Å²) in [6.07, 6.45) is 5.57. The smallest absolute Gasteiger partial charge is 0.0968 e. The highest BCUT2D eigenvalue weighted by Crippen LogP contribution is 2.28. The van der Waals surface area contributed by atoms with Crippen molar-refractivity contribution in [1.82, 2.24) is 9.78 Å². The fourth-order valence-corrected chi connectivity index (χ4v) is 2.34. The number of nitrogens with zero attached hydrogens (tertiary/aromatic N) is 2. The molecule has 0 aromatic carbocycles. The maximum Gasteiger partial charge on any atom is 0.0968 e. The van der Waals surface area contributed by atoms with Crippen LogP contribution in [0.3, 0.4) is 0 Å². The molecule has 0 aliphatic heterocycles. The van der Waals surface area contributed by atoms with E-state index in [9.17, 15) is 5.11 Å². The van der Waals surface area contributed by atoms with E-state index in [2.05, 4.69) is 41.8 Å². The Morgan fingerprint density at radius 2 is 2.12 bits per heavy atom. The van der Waals surface area contributed by atoms with E-state index in [0.29, 0.717) is 0 Å². The Hall–Kier alpha value is -0.350. The van der Waals surface area contributed by atoms with Gasteiger partial charge in [0.05, 0.1) is 22.5 Å². The molecule has 1 aromatic heterocycles. The second-order valence-corrected chi connectivity index (χ2v) is 5.28. The average molecular weight is 289 g/mol. The third-order valence-electron chi connectivity index (χ3n) is 2.67. The van der Waals surface area contributed by atoms with Crippen LogP contribution in [0.15, 0.2) is 10.7 Å². The van der Waals surface area contributed by atoms with E-state index in [0.717, 1.165) is 23.0 Å². The zero-order valence-corrected chi connectivity index (χ0v) is 11.9.